The minimum Gasteiger partial charge on any atom is -0.414 e. The summed E-state index contributed by atoms with van der Waals surface area (Å²) in [6, 6.07) is 0. The Bertz CT molecular complexity index is 961. The number of alkyl halides is 1. The molecule has 0 bridgehead atoms. The molecule has 0 saturated heterocycles. The predicted molar refractivity (Wildman–Crippen MR) is 155 cm³/mol. The maximum atomic E-state index is 13.4. The van der Waals surface area contributed by atoms with Gasteiger partial charge < -0.3 is 4.43 Å². The van der Waals surface area contributed by atoms with Gasteiger partial charge in [-0.25, -0.2) is 8.42 Å². The Labute approximate surface area is 224 Å². The number of fused-ring (bicyclic) bond motifs is 1. The van der Waals surface area contributed by atoms with E-state index in [-0.39, 0.29) is 16.9 Å². The minimum absolute atomic E-state index is 0.172. The first kappa shape index (κ1) is 27.4. The normalized spacial score (nSPS) is 38.2. The van der Waals surface area contributed by atoms with E-state index in [9.17, 15) is 8.42 Å². The van der Waals surface area contributed by atoms with Crippen molar-refractivity contribution in [3.63, 3.8) is 0 Å². The van der Waals surface area contributed by atoms with E-state index < -0.39 is 23.4 Å². The maximum absolute atomic E-state index is 13.4. The van der Waals surface area contributed by atoms with Gasteiger partial charge in [0, 0.05) is 10.5 Å². The predicted octanol–water partition coefficient (Wildman–Crippen LogP) is 7.87. The van der Waals surface area contributed by atoms with E-state index in [0.717, 1.165) is 37.5 Å². The molecule has 3 aliphatic carbocycles. The largest absolute Gasteiger partial charge is 0.414 e. The van der Waals surface area contributed by atoms with Gasteiger partial charge in [-0.2, -0.15) is 0 Å². The van der Waals surface area contributed by atoms with E-state index in [0.29, 0.717) is 11.3 Å². The van der Waals surface area contributed by atoms with Gasteiger partial charge in [0.15, 0.2) is 18.2 Å². The Morgan fingerprint density at radius 2 is 1.91 bits per heavy atom. The molecule has 0 aromatic heterocycles. The molecule has 2 fully saturated rings. The van der Waals surface area contributed by atoms with Crippen LogP contribution in [0.25, 0.3) is 0 Å². The fraction of sp³-hybridized carbons (Fsp3) is 0.857. The van der Waals surface area contributed by atoms with Gasteiger partial charge in [-0.05, 0) is 98.2 Å². The highest BCUT2D eigenvalue weighted by Crippen LogP contribution is 2.60. The SMILES string of the molecule is C[C@H](CI)[C@H]1CCC2/C(=C/C3C4=C(CC[C@H](O[Si](C)(C)C(C)(C)C)C4)CS3(=O)=O)CCC[C@@]21C. The lowest BCUT2D eigenvalue weighted by molar-refractivity contribution is 0.106. The van der Waals surface area contributed by atoms with E-state index in [1.54, 1.807) is 0 Å². The van der Waals surface area contributed by atoms with Gasteiger partial charge >= 0.3 is 0 Å². The molecule has 2 saturated carbocycles. The van der Waals surface area contributed by atoms with Gasteiger partial charge in [-0.15, -0.1) is 0 Å². The zero-order valence-corrected chi connectivity index (χ0v) is 26.5. The van der Waals surface area contributed by atoms with Crippen molar-refractivity contribution < 1.29 is 12.8 Å². The summed E-state index contributed by atoms with van der Waals surface area (Å²) in [5.74, 6) is 2.36. The molecular weight excluding hydrogens is 571 g/mol. The molecule has 6 atom stereocenters. The third-order valence-electron chi connectivity index (χ3n) is 10.4. The maximum Gasteiger partial charge on any atom is 0.192 e. The third kappa shape index (κ3) is 4.92. The van der Waals surface area contributed by atoms with Crippen molar-refractivity contribution in [2.75, 3.05) is 10.2 Å². The molecule has 0 radical (unpaired) electrons. The van der Waals surface area contributed by atoms with Crippen LogP contribution in [0.5, 0.6) is 0 Å². The summed E-state index contributed by atoms with van der Waals surface area (Å²) in [7, 11) is -5.02. The zero-order valence-electron chi connectivity index (χ0n) is 22.5. The highest BCUT2D eigenvalue weighted by Gasteiger charge is 2.51. The van der Waals surface area contributed by atoms with E-state index in [1.807, 2.05) is 0 Å². The first-order chi connectivity index (χ1) is 15.7. The van der Waals surface area contributed by atoms with E-state index in [2.05, 4.69) is 76.4 Å². The molecule has 4 aliphatic rings. The molecule has 1 heterocycles. The molecule has 0 spiro atoms. The molecule has 0 amide bonds. The average molecular weight is 619 g/mol. The van der Waals surface area contributed by atoms with E-state index in [1.165, 1.54) is 46.8 Å². The standard InChI is InChI=1S/C28H47IO3SSi/c1-19(17-29)24-12-13-25-20(9-8-14-28(24,25)5)15-26-23-16-22(32-34(6,7)27(2,3)4)11-10-21(23)18-33(26,30)31/h15,19,22,24-26H,8-14,16-18H2,1-7H3/b20-15+/t19-,22+,24-,25?,26?,28-/m1/s1. The summed E-state index contributed by atoms with van der Waals surface area (Å²) >= 11 is 2.55. The summed E-state index contributed by atoms with van der Waals surface area (Å²) in [4.78, 5) is 0. The first-order valence-corrected chi connectivity index (χ1v) is 19.7. The number of allylic oxidation sites excluding steroid dienone is 1. The van der Waals surface area contributed by atoms with Gasteiger partial charge in [-0.1, -0.05) is 74.4 Å². The van der Waals surface area contributed by atoms with Crippen LogP contribution < -0.4 is 0 Å². The Morgan fingerprint density at radius 3 is 2.56 bits per heavy atom. The second-order valence-electron chi connectivity index (χ2n) is 13.6. The van der Waals surface area contributed by atoms with E-state index in [4.69, 9.17) is 4.43 Å². The molecule has 6 heteroatoms. The second-order valence-corrected chi connectivity index (χ2v) is 21.3. The van der Waals surface area contributed by atoms with Crippen molar-refractivity contribution in [2.45, 2.75) is 115 Å². The molecule has 0 aromatic carbocycles. The lowest BCUT2D eigenvalue weighted by atomic mass is 9.61. The number of halogens is 1. The molecule has 34 heavy (non-hydrogen) atoms. The average Bonchev–Trinajstić information content (AvgIpc) is 3.20. The number of hydrogen-bond donors (Lipinski definition) is 0. The number of sulfone groups is 1. The van der Waals surface area contributed by atoms with Crippen molar-refractivity contribution in [1.29, 1.82) is 0 Å². The van der Waals surface area contributed by atoms with Crippen LogP contribution in [0.2, 0.25) is 18.1 Å². The quantitative estimate of drug-likeness (QED) is 0.136. The van der Waals surface area contributed by atoms with Crippen LogP contribution in [-0.2, 0) is 14.3 Å². The molecule has 4 rings (SSSR count). The Balaban J connectivity index is 1.59. The molecule has 0 N–H and O–H groups in total. The summed E-state index contributed by atoms with van der Waals surface area (Å²) in [6.07, 6.45) is 11.2. The van der Waals surface area contributed by atoms with Crippen LogP contribution in [-0.4, -0.2) is 38.3 Å². The van der Waals surface area contributed by atoms with Gasteiger partial charge in [-0.3, -0.25) is 0 Å². The first-order valence-electron chi connectivity index (χ1n) is 13.6. The smallest absolute Gasteiger partial charge is 0.192 e. The molecule has 2 unspecified atom stereocenters. The summed E-state index contributed by atoms with van der Waals surface area (Å²) in [5, 5.41) is -0.224. The summed E-state index contributed by atoms with van der Waals surface area (Å²) in [5.41, 5.74) is 4.21. The molecule has 0 aromatic rings. The molecule has 194 valence electrons. The third-order valence-corrected chi connectivity index (χ3v) is 18.2. The van der Waals surface area contributed by atoms with Crippen molar-refractivity contribution in [2.24, 2.45) is 23.2 Å². The van der Waals surface area contributed by atoms with Crippen molar-refractivity contribution in [3.05, 3.63) is 22.8 Å². The highest BCUT2D eigenvalue weighted by molar-refractivity contribution is 14.1. The van der Waals surface area contributed by atoms with Crippen LogP contribution in [0.15, 0.2) is 22.8 Å². The minimum atomic E-state index is -3.14. The monoisotopic (exact) mass is 618 g/mol. The molecule has 1 aliphatic heterocycles. The van der Waals surface area contributed by atoms with Crippen LogP contribution >= 0.6 is 22.6 Å². The van der Waals surface area contributed by atoms with Crippen LogP contribution in [0, 0.1) is 23.2 Å². The van der Waals surface area contributed by atoms with Crippen LogP contribution in [0.4, 0.5) is 0 Å². The van der Waals surface area contributed by atoms with Crippen molar-refractivity contribution >= 4 is 40.7 Å². The van der Waals surface area contributed by atoms with Crippen LogP contribution in [0.1, 0.15) is 86.0 Å². The molecule has 3 nitrogen and oxygen atoms in total. The number of rotatable bonds is 5. The summed E-state index contributed by atoms with van der Waals surface area (Å²) in [6.45, 7) is 16.4. The van der Waals surface area contributed by atoms with Crippen molar-refractivity contribution in [3.8, 4) is 0 Å². The Kier molecular flexibility index (Phi) is 7.71. The Hall–Kier alpha value is 0.337. The molecular formula is C28H47IO3SSi. The lowest BCUT2D eigenvalue weighted by Crippen LogP contribution is -2.44. The van der Waals surface area contributed by atoms with Crippen LogP contribution in [0.3, 0.4) is 0 Å². The second kappa shape index (κ2) is 9.58. The fourth-order valence-corrected chi connectivity index (χ4v) is 11.5. The summed E-state index contributed by atoms with van der Waals surface area (Å²) < 4.78 is 34.8. The van der Waals surface area contributed by atoms with Gasteiger partial charge in [0.1, 0.15) is 5.25 Å². The van der Waals surface area contributed by atoms with Crippen molar-refractivity contribution in [1.82, 2.24) is 0 Å². The highest BCUT2D eigenvalue weighted by atomic mass is 127. The fourth-order valence-electron chi connectivity index (χ4n) is 7.43. The van der Waals surface area contributed by atoms with Gasteiger partial charge in [0.05, 0.1) is 5.75 Å². The van der Waals surface area contributed by atoms with E-state index >= 15 is 0 Å². The zero-order chi connectivity index (χ0) is 25.1. The lowest BCUT2D eigenvalue weighted by Gasteiger charge is -2.44. The topological polar surface area (TPSA) is 43.4 Å². The van der Waals surface area contributed by atoms with Gasteiger partial charge in [0.25, 0.3) is 0 Å². The Morgan fingerprint density at radius 1 is 1.21 bits per heavy atom. The van der Waals surface area contributed by atoms with Gasteiger partial charge in [0.2, 0.25) is 0 Å². The number of hydrogen-bond acceptors (Lipinski definition) is 3.